The predicted molar refractivity (Wildman–Crippen MR) is 136 cm³/mol. The van der Waals surface area contributed by atoms with Gasteiger partial charge in [-0.05, 0) is 57.1 Å². The van der Waals surface area contributed by atoms with Gasteiger partial charge in [-0.1, -0.05) is 11.6 Å². The summed E-state index contributed by atoms with van der Waals surface area (Å²) in [4.78, 5) is 20.0. The number of likely N-dealkylation sites (N-methyl/N-ethyl adjacent to an activating group) is 1. The molecule has 4 aromatic rings. The van der Waals surface area contributed by atoms with Crippen LogP contribution in [0.2, 0.25) is 5.02 Å². The molecule has 190 valence electrons. The molecule has 1 fully saturated rings. The Bertz CT molecular complexity index is 1590. The SMILES string of the molecule is CN[C@@H]1CCCN(C(=O)c2nc(-c3ccc(C#N)c(F)c3)n(-c3cc(Cl)c4nn(C)c(F)c4c3)c2C)C1. The molecule has 37 heavy (non-hydrogen) atoms. The first-order valence-corrected chi connectivity index (χ1v) is 12.2. The summed E-state index contributed by atoms with van der Waals surface area (Å²) in [5, 5.41) is 16.9. The summed E-state index contributed by atoms with van der Waals surface area (Å²) < 4.78 is 32.2. The number of aromatic nitrogens is 4. The summed E-state index contributed by atoms with van der Waals surface area (Å²) in [5.74, 6) is -1.25. The highest BCUT2D eigenvalue weighted by molar-refractivity contribution is 6.35. The highest BCUT2D eigenvalue weighted by atomic mass is 35.5. The van der Waals surface area contributed by atoms with E-state index in [2.05, 4.69) is 15.4 Å². The zero-order chi connectivity index (χ0) is 26.4. The van der Waals surface area contributed by atoms with Crippen molar-refractivity contribution in [2.24, 2.45) is 7.05 Å². The van der Waals surface area contributed by atoms with Crippen molar-refractivity contribution in [3.05, 3.63) is 64.1 Å². The van der Waals surface area contributed by atoms with Crippen LogP contribution >= 0.6 is 11.6 Å². The first-order valence-electron chi connectivity index (χ1n) is 11.8. The van der Waals surface area contributed by atoms with E-state index >= 15 is 0 Å². The lowest BCUT2D eigenvalue weighted by Gasteiger charge is -2.32. The van der Waals surface area contributed by atoms with Crippen LogP contribution in [0.4, 0.5) is 8.78 Å². The lowest BCUT2D eigenvalue weighted by molar-refractivity contribution is 0.0692. The Hall–Kier alpha value is -3.81. The largest absolute Gasteiger partial charge is 0.336 e. The van der Waals surface area contributed by atoms with E-state index < -0.39 is 11.8 Å². The molecule has 0 saturated carbocycles. The molecule has 11 heteroatoms. The number of fused-ring (bicyclic) bond motifs is 1. The minimum Gasteiger partial charge on any atom is -0.336 e. The lowest BCUT2D eigenvalue weighted by atomic mass is 10.1. The second-order valence-electron chi connectivity index (χ2n) is 9.13. The Morgan fingerprint density at radius 3 is 2.76 bits per heavy atom. The average Bonchev–Trinajstić information content (AvgIpc) is 3.39. The van der Waals surface area contributed by atoms with Crippen molar-refractivity contribution in [3.8, 4) is 23.1 Å². The van der Waals surface area contributed by atoms with Crippen molar-refractivity contribution >= 4 is 28.4 Å². The van der Waals surface area contributed by atoms with Crippen molar-refractivity contribution in [1.82, 2.24) is 29.5 Å². The van der Waals surface area contributed by atoms with E-state index in [0.717, 1.165) is 17.5 Å². The van der Waals surface area contributed by atoms with Crippen LogP contribution in [0.5, 0.6) is 0 Å². The zero-order valence-corrected chi connectivity index (χ0v) is 21.3. The number of nitrogens with one attached hydrogen (secondary N) is 1. The van der Waals surface area contributed by atoms with Gasteiger partial charge in [-0.3, -0.25) is 9.36 Å². The van der Waals surface area contributed by atoms with Gasteiger partial charge in [-0.2, -0.15) is 14.8 Å². The Morgan fingerprint density at radius 2 is 2.05 bits per heavy atom. The second kappa shape index (κ2) is 9.57. The van der Waals surface area contributed by atoms with Gasteiger partial charge in [0.2, 0.25) is 5.95 Å². The maximum atomic E-state index is 14.8. The van der Waals surface area contributed by atoms with E-state index in [1.54, 1.807) is 40.7 Å². The fraction of sp³-hybridized carbons (Fsp3) is 0.308. The molecule has 0 aliphatic carbocycles. The fourth-order valence-electron chi connectivity index (χ4n) is 4.85. The van der Waals surface area contributed by atoms with Gasteiger partial charge in [0, 0.05) is 37.4 Å². The number of rotatable bonds is 4. The van der Waals surface area contributed by atoms with E-state index in [-0.39, 0.29) is 39.4 Å². The maximum Gasteiger partial charge on any atom is 0.274 e. The van der Waals surface area contributed by atoms with Crippen LogP contribution in [0.3, 0.4) is 0 Å². The molecular weight excluding hydrogens is 500 g/mol. The molecule has 1 amide bonds. The van der Waals surface area contributed by atoms with E-state index in [0.29, 0.717) is 35.6 Å². The third-order valence-corrected chi connectivity index (χ3v) is 7.13. The molecule has 1 saturated heterocycles. The minimum absolute atomic E-state index is 0.108. The molecule has 1 aliphatic heterocycles. The number of likely N-dealkylation sites (tertiary alicyclic amines) is 1. The summed E-state index contributed by atoms with van der Waals surface area (Å²) >= 11 is 6.48. The van der Waals surface area contributed by atoms with E-state index in [1.165, 1.54) is 19.2 Å². The third kappa shape index (κ3) is 4.24. The van der Waals surface area contributed by atoms with Crippen LogP contribution in [-0.4, -0.2) is 56.3 Å². The highest BCUT2D eigenvalue weighted by Crippen LogP contribution is 2.33. The molecule has 1 aliphatic rings. The van der Waals surface area contributed by atoms with E-state index in [1.807, 2.05) is 7.05 Å². The Kier molecular flexibility index (Phi) is 6.43. The van der Waals surface area contributed by atoms with Crippen LogP contribution in [0, 0.1) is 30.0 Å². The van der Waals surface area contributed by atoms with Gasteiger partial charge >= 0.3 is 0 Å². The van der Waals surface area contributed by atoms with Gasteiger partial charge < -0.3 is 10.2 Å². The summed E-state index contributed by atoms with van der Waals surface area (Å²) in [7, 11) is 3.35. The van der Waals surface area contributed by atoms with Crippen LogP contribution in [0.15, 0.2) is 30.3 Å². The van der Waals surface area contributed by atoms with Crippen LogP contribution < -0.4 is 5.32 Å². The Labute approximate surface area is 217 Å². The fourth-order valence-corrected chi connectivity index (χ4v) is 5.10. The van der Waals surface area contributed by atoms with Crippen molar-refractivity contribution in [3.63, 3.8) is 0 Å². The van der Waals surface area contributed by atoms with Crippen molar-refractivity contribution < 1.29 is 13.6 Å². The number of nitrogens with zero attached hydrogens (tertiary/aromatic N) is 6. The normalized spacial score (nSPS) is 15.8. The number of aryl methyl sites for hydroxylation is 1. The van der Waals surface area contributed by atoms with Crippen LogP contribution in [0.25, 0.3) is 28.0 Å². The molecule has 0 bridgehead atoms. The smallest absolute Gasteiger partial charge is 0.274 e. The molecule has 0 radical (unpaired) electrons. The summed E-state index contributed by atoms with van der Waals surface area (Å²) in [5.41, 5.74) is 1.70. The monoisotopic (exact) mass is 523 g/mol. The number of hydrogen-bond acceptors (Lipinski definition) is 5. The number of imidazole rings is 1. The van der Waals surface area contributed by atoms with Crippen molar-refractivity contribution in [1.29, 1.82) is 5.26 Å². The average molecular weight is 524 g/mol. The number of hydrogen-bond donors (Lipinski definition) is 1. The van der Waals surface area contributed by atoms with Crippen molar-refractivity contribution in [2.75, 3.05) is 20.1 Å². The topological polar surface area (TPSA) is 91.8 Å². The number of piperidine rings is 1. The van der Waals surface area contributed by atoms with E-state index in [4.69, 9.17) is 16.9 Å². The highest BCUT2D eigenvalue weighted by Gasteiger charge is 2.29. The molecule has 0 spiro atoms. The molecular formula is C26H24ClF2N7O. The predicted octanol–water partition coefficient (Wildman–Crippen LogP) is 4.36. The number of nitriles is 1. The number of halogens is 3. The molecule has 5 rings (SSSR count). The first-order chi connectivity index (χ1) is 17.7. The third-order valence-electron chi connectivity index (χ3n) is 6.84. The van der Waals surface area contributed by atoms with Crippen LogP contribution in [0.1, 0.15) is 34.6 Å². The van der Waals surface area contributed by atoms with Crippen LogP contribution in [-0.2, 0) is 7.05 Å². The van der Waals surface area contributed by atoms with Gasteiger partial charge in [0.25, 0.3) is 5.91 Å². The summed E-state index contributed by atoms with van der Waals surface area (Å²) in [6, 6.07) is 9.31. The van der Waals surface area contributed by atoms with Crippen molar-refractivity contribution in [2.45, 2.75) is 25.8 Å². The summed E-state index contributed by atoms with van der Waals surface area (Å²) in [6.45, 7) is 2.88. The first kappa shape index (κ1) is 24.9. The second-order valence-corrected chi connectivity index (χ2v) is 9.54. The zero-order valence-electron chi connectivity index (χ0n) is 20.5. The molecule has 1 N–H and O–H groups in total. The quantitative estimate of drug-likeness (QED) is 0.429. The minimum atomic E-state index is -0.709. The maximum absolute atomic E-state index is 14.8. The van der Waals surface area contributed by atoms with Gasteiger partial charge in [0.05, 0.1) is 21.7 Å². The summed E-state index contributed by atoms with van der Waals surface area (Å²) in [6.07, 6.45) is 1.83. The Balaban J connectivity index is 1.71. The molecule has 3 heterocycles. The molecule has 2 aromatic carbocycles. The number of carbonyl (C=O) groups is 1. The van der Waals surface area contributed by atoms with Gasteiger partial charge in [-0.15, -0.1) is 0 Å². The molecule has 1 atom stereocenters. The van der Waals surface area contributed by atoms with Gasteiger partial charge in [0.1, 0.15) is 28.9 Å². The van der Waals surface area contributed by atoms with Gasteiger partial charge in [0.15, 0.2) is 0 Å². The number of carbonyl (C=O) groups excluding carboxylic acids is 1. The standard InChI is InChI=1S/C26H24ClF2N7O/c1-14-22(26(37)35-8-4-5-17(13-35)31-2)32-25(15-6-7-16(12-30)21(28)9-15)36(14)18-10-19-23(20(27)11-18)33-34(3)24(19)29/h6-7,9-11,17,31H,4-5,8,13H2,1-3H3/t17-/m1/s1. The number of benzene rings is 2. The number of amides is 1. The lowest BCUT2D eigenvalue weighted by Crippen LogP contribution is -2.47. The molecule has 0 unspecified atom stereocenters. The Morgan fingerprint density at radius 1 is 1.27 bits per heavy atom. The van der Waals surface area contributed by atoms with E-state index in [9.17, 15) is 13.6 Å². The van der Waals surface area contributed by atoms with Gasteiger partial charge in [-0.25, -0.2) is 14.1 Å². The molecule has 2 aromatic heterocycles. The molecule has 8 nitrogen and oxygen atoms in total.